The molecule has 7 nitrogen and oxygen atoms in total. The molecular weight excluding hydrogens is 296 g/mol. The zero-order valence-corrected chi connectivity index (χ0v) is 13.0. The summed E-state index contributed by atoms with van der Waals surface area (Å²) in [6.45, 7) is 1.10. The van der Waals surface area contributed by atoms with Crippen LogP contribution in [0.25, 0.3) is 0 Å². The van der Waals surface area contributed by atoms with Crippen molar-refractivity contribution in [2.24, 2.45) is 0 Å². The highest BCUT2D eigenvalue weighted by molar-refractivity contribution is 6.04. The van der Waals surface area contributed by atoms with Gasteiger partial charge in [-0.15, -0.1) is 0 Å². The van der Waals surface area contributed by atoms with Gasteiger partial charge in [0.05, 0.1) is 0 Å². The summed E-state index contributed by atoms with van der Waals surface area (Å²) in [5, 5.41) is 6.19. The van der Waals surface area contributed by atoms with Gasteiger partial charge < -0.3 is 15.5 Å². The highest BCUT2D eigenvalue weighted by Gasteiger charge is 2.34. The minimum absolute atomic E-state index is 0.0314. The Balaban J connectivity index is 1.56. The molecule has 0 saturated carbocycles. The second-order valence-electron chi connectivity index (χ2n) is 5.88. The van der Waals surface area contributed by atoms with Crippen LogP contribution in [0.15, 0.2) is 24.3 Å². The number of nitrogens with one attached hydrogen (secondary N) is 2. The number of hydrogen-bond donors (Lipinski definition) is 2. The molecular formula is C16H20N4O3. The molecule has 0 bridgehead atoms. The van der Waals surface area contributed by atoms with Crippen LogP contribution in [0.3, 0.4) is 0 Å². The number of benzene rings is 1. The van der Waals surface area contributed by atoms with E-state index in [0.29, 0.717) is 6.54 Å². The van der Waals surface area contributed by atoms with Crippen LogP contribution in [0.2, 0.25) is 0 Å². The number of hydrogen-bond acceptors (Lipinski definition) is 4. The van der Waals surface area contributed by atoms with Gasteiger partial charge in [-0.3, -0.25) is 14.5 Å². The summed E-state index contributed by atoms with van der Waals surface area (Å²) >= 11 is 0. The molecule has 0 radical (unpaired) electrons. The number of carbonyl (C=O) groups excluding carboxylic acids is 3. The van der Waals surface area contributed by atoms with E-state index in [4.69, 9.17) is 0 Å². The van der Waals surface area contributed by atoms with E-state index in [0.717, 1.165) is 17.9 Å². The van der Waals surface area contributed by atoms with Gasteiger partial charge in [-0.1, -0.05) is 24.3 Å². The van der Waals surface area contributed by atoms with Crippen molar-refractivity contribution in [3.8, 4) is 0 Å². The fourth-order valence-electron chi connectivity index (χ4n) is 3.01. The number of urea groups is 1. The minimum Gasteiger partial charge on any atom is -0.353 e. The molecule has 1 atom stereocenters. The molecule has 2 aliphatic heterocycles. The molecule has 23 heavy (non-hydrogen) atoms. The average Bonchev–Trinajstić information content (AvgIpc) is 2.79. The van der Waals surface area contributed by atoms with Gasteiger partial charge in [-0.2, -0.15) is 0 Å². The standard InChI is InChI=1S/C16H20N4O3/c1-19-10-15(22)20(16(19)23)9-14(21)18-8-13-12-5-3-2-4-11(12)6-7-17-13/h2-5,13,17H,6-10H2,1H3,(H,18,21). The topological polar surface area (TPSA) is 81.8 Å². The van der Waals surface area contributed by atoms with Crippen LogP contribution < -0.4 is 10.6 Å². The van der Waals surface area contributed by atoms with Gasteiger partial charge >= 0.3 is 6.03 Å². The van der Waals surface area contributed by atoms with Gasteiger partial charge in [-0.05, 0) is 24.1 Å². The molecule has 3 rings (SSSR count). The summed E-state index contributed by atoms with van der Waals surface area (Å²) in [4.78, 5) is 37.8. The minimum atomic E-state index is -0.425. The van der Waals surface area contributed by atoms with Crippen molar-refractivity contribution >= 4 is 17.8 Å². The number of likely N-dealkylation sites (N-methyl/N-ethyl adjacent to an activating group) is 1. The van der Waals surface area contributed by atoms with Crippen LogP contribution in [0.4, 0.5) is 4.79 Å². The maximum Gasteiger partial charge on any atom is 0.327 e. The Kier molecular flexibility index (Phi) is 4.29. The molecule has 2 aliphatic rings. The Morgan fingerprint density at radius 2 is 2.13 bits per heavy atom. The molecule has 0 aliphatic carbocycles. The second kappa shape index (κ2) is 6.37. The summed E-state index contributed by atoms with van der Waals surface area (Å²) < 4.78 is 0. The summed E-state index contributed by atoms with van der Waals surface area (Å²) in [5.74, 6) is -0.666. The summed E-state index contributed by atoms with van der Waals surface area (Å²) in [6, 6.07) is 7.78. The number of rotatable bonds is 4. The van der Waals surface area contributed by atoms with Gasteiger partial charge in [0.2, 0.25) is 5.91 Å². The van der Waals surface area contributed by atoms with Crippen LogP contribution in [-0.2, 0) is 16.0 Å². The molecule has 2 N–H and O–H groups in total. The lowest BCUT2D eigenvalue weighted by molar-refractivity contribution is -0.130. The molecule has 122 valence electrons. The number of amides is 4. The van der Waals surface area contributed by atoms with Gasteiger partial charge in [0, 0.05) is 19.6 Å². The first-order chi connectivity index (χ1) is 11.1. The Hall–Kier alpha value is -2.41. The zero-order chi connectivity index (χ0) is 16.4. The Morgan fingerprint density at radius 1 is 1.35 bits per heavy atom. The molecule has 1 unspecified atom stereocenters. The maximum absolute atomic E-state index is 12.0. The number of fused-ring (bicyclic) bond motifs is 1. The van der Waals surface area contributed by atoms with Gasteiger partial charge in [-0.25, -0.2) is 4.79 Å². The van der Waals surface area contributed by atoms with Crippen LogP contribution in [0, 0.1) is 0 Å². The highest BCUT2D eigenvalue weighted by atomic mass is 16.2. The van der Waals surface area contributed by atoms with Crippen molar-refractivity contribution in [3.05, 3.63) is 35.4 Å². The third-order valence-electron chi connectivity index (χ3n) is 4.25. The van der Waals surface area contributed by atoms with Crippen molar-refractivity contribution < 1.29 is 14.4 Å². The van der Waals surface area contributed by atoms with E-state index in [1.807, 2.05) is 12.1 Å². The van der Waals surface area contributed by atoms with Crippen molar-refractivity contribution in [2.45, 2.75) is 12.5 Å². The molecule has 1 aromatic rings. The Bertz CT molecular complexity index is 646. The molecule has 7 heteroatoms. The smallest absolute Gasteiger partial charge is 0.327 e. The molecule has 1 saturated heterocycles. The number of nitrogens with zero attached hydrogens (tertiary/aromatic N) is 2. The molecule has 0 aromatic heterocycles. The highest BCUT2D eigenvalue weighted by Crippen LogP contribution is 2.21. The van der Waals surface area contributed by atoms with E-state index in [1.54, 1.807) is 7.05 Å². The third kappa shape index (κ3) is 3.19. The van der Waals surface area contributed by atoms with Gasteiger partial charge in [0.1, 0.15) is 13.1 Å². The van der Waals surface area contributed by atoms with Crippen LogP contribution in [0.5, 0.6) is 0 Å². The van der Waals surface area contributed by atoms with Crippen LogP contribution in [-0.4, -0.2) is 60.9 Å². The molecule has 4 amide bonds. The predicted molar refractivity (Wildman–Crippen MR) is 83.6 cm³/mol. The van der Waals surface area contributed by atoms with Crippen molar-refractivity contribution in [1.29, 1.82) is 0 Å². The first-order valence-corrected chi connectivity index (χ1v) is 7.69. The summed E-state index contributed by atoms with van der Waals surface area (Å²) in [5.41, 5.74) is 2.48. The quantitative estimate of drug-likeness (QED) is 0.759. The largest absolute Gasteiger partial charge is 0.353 e. The van der Waals surface area contributed by atoms with Crippen molar-refractivity contribution in [3.63, 3.8) is 0 Å². The monoisotopic (exact) mass is 316 g/mol. The van der Waals surface area contributed by atoms with E-state index in [-0.39, 0.29) is 30.9 Å². The van der Waals surface area contributed by atoms with E-state index >= 15 is 0 Å². The lowest BCUT2D eigenvalue weighted by atomic mass is 9.94. The lowest BCUT2D eigenvalue weighted by Crippen LogP contribution is -2.44. The molecule has 1 aromatic carbocycles. The van der Waals surface area contributed by atoms with E-state index in [9.17, 15) is 14.4 Å². The van der Waals surface area contributed by atoms with Gasteiger partial charge in [0.15, 0.2) is 0 Å². The predicted octanol–water partition coefficient (Wildman–Crippen LogP) is -0.116. The fourth-order valence-corrected chi connectivity index (χ4v) is 3.01. The Morgan fingerprint density at radius 3 is 2.87 bits per heavy atom. The molecule has 1 fully saturated rings. The second-order valence-corrected chi connectivity index (χ2v) is 5.88. The maximum atomic E-state index is 12.0. The Labute approximate surface area is 134 Å². The summed E-state index contributed by atoms with van der Waals surface area (Å²) in [6.07, 6.45) is 0.976. The van der Waals surface area contributed by atoms with E-state index in [1.165, 1.54) is 16.0 Å². The zero-order valence-electron chi connectivity index (χ0n) is 13.0. The lowest BCUT2D eigenvalue weighted by Gasteiger charge is -2.27. The molecule has 2 heterocycles. The number of carbonyl (C=O) groups is 3. The third-order valence-corrected chi connectivity index (χ3v) is 4.25. The SMILES string of the molecule is CN1CC(=O)N(CC(=O)NCC2NCCc3ccccc32)C1=O. The summed E-state index contributed by atoms with van der Waals surface area (Å²) in [7, 11) is 1.54. The van der Waals surface area contributed by atoms with Crippen molar-refractivity contribution in [1.82, 2.24) is 20.4 Å². The van der Waals surface area contributed by atoms with E-state index < -0.39 is 6.03 Å². The van der Waals surface area contributed by atoms with E-state index in [2.05, 4.69) is 22.8 Å². The fraction of sp³-hybridized carbons (Fsp3) is 0.438. The average molecular weight is 316 g/mol. The van der Waals surface area contributed by atoms with Gasteiger partial charge in [0.25, 0.3) is 5.91 Å². The normalized spacial score (nSPS) is 20.7. The molecule has 0 spiro atoms. The van der Waals surface area contributed by atoms with Crippen molar-refractivity contribution in [2.75, 3.05) is 33.2 Å². The first kappa shape index (κ1) is 15.5. The first-order valence-electron chi connectivity index (χ1n) is 7.69. The van der Waals surface area contributed by atoms with Crippen LogP contribution >= 0.6 is 0 Å². The van der Waals surface area contributed by atoms with Crippen LogP contribution in [0.1, 0.15) is 17.2 Å². The number of imide groups is 1.